The Balaban J connectivity index is 1.32. The minimum atomic E-state index is -0.107. The number of nitrogens with zero attached hydrogens (tertiary/aromatic N) is 3. The average Bonchev–Trinajstić information content (AvgIpc) is 3.30. The minimum absolute atomic E-state index is 0.107. The van der Waals surface area contributed by atoms with Gasteiger partial charge in [0.1, 0.15) is 0 Å². The monoisotopic (exact) mass is 463 g/mol. The second kappa shape index (κ2) is 10.1. The highest BCUT2D eigenvalue weighted by Gasteiger charge is 2.13. The van der Waals surface area contributed by atoms with Gasteiger partial charge in [-0.3, -0.25) is 19.9 Å². The second-order valence-corrected chi connectivity index (χ2v) is 8.66. The number of pyridine rings is 2. The number of aromatic nitrogens is 4. The van der Waals surface area contributed by atoms with Crippen molar-refractivity contribution < 1.29 is 4.79 Å². The molecule has 0 saturated carbocycles. The molecule has 5 aromatic rings. The molecule has 0 fully saturated rings. The Morgan fingerprint density at radius 3 is 2.65 bits per heavy atom. The van der Waals surface area contributed by atoms with Gasteiger partial charge < -0.3 is 5.32 Å². The molecule has 0 saturated heterocycles. The van der Waals surface area contributed by atoms with Crippen LogP contribution in [0.1, 0.15) is 27.3 Å². The summed E-state index contributed by atoms with van der Waals surface area (Å²) in [5, 5.41) is 11.6. The van der Waals surface area contributed by atoms with Gasteiger partial charge in [-0.05, 0) is 72.3 Å². The molecule has 3 heterocycles. The quantitative estimate of drug-likeness (QED) is 0.328. The van der Waals surface area contributed by atoms with Crippen molar-refractivity contribution in [1.82, 2.24) is 25.5 Å². The molecule has 1 amide bonds. The standard InChI is InChI=1S/C27H21N5OS/c33-27(30-18-19-12-15-28-16-13-19)23-6-1-2-7-26(23)34-21-9-10-22-24(31-32-25(22)17-21)11-8-20-5-3-4-14-29-20/h1-17H,18H2,(H,30,33)(H,31,32)/b11-8+. The number of amides is 1. The van der Waals surface area contributed by atoms with Crippen LogP contribution in [-0.4, -0.2) is 26.1 Å². The number of carbonyl (C=O) groups is 1. The molecule has 7 heteroatoms. The smallest absolute Gasteiger partial charge is 0.252 e. The van der Waals surface area contributed by atoms with Crippen LogP contribution in [0.2, 0.25) is 0 Å². The Morgan fingerprint density at radius 2 is 1.79 bits per heavy atom. The number of fused-ring (bicyclic) bond motifs is 1. The number of nitrogens with one attached hydrogen (secondary N) is 2. The maximum atomic E-state index is 12.9. The molecule has 0 atom stereocenters. The van der Waals surface area contributed by atoms with E-state index in [1.807, 2.05) is 78.9 Å². The highest BCUT2D eigenvalue weighted by molar-refractivity contribution is 7.99. The lowest BCUT2D eigenvalue weighted by Gasteiger charge is -2.10. The van der Waals surface area contributed by atoms with E-state index in [2.05, 4.69) is 31.5 Å². The molecule has 0 unspecified atom stereocenters. The van der Waals surface area contributed by atoms with Gasteiger partial charge in [-0.15, -0.1) is 0 Å². The van der Waals surface area contributed by atoms with E-state index in [1.165, 1.54) is 0 Å². The van der Waals surface area contributed by atoms with Gasteiger partial charge >= 0.3 is 0 Å². The number of benzene rings is 2. The Hall–Kier alpha value is -4.23. The van der Waals surface area contributed by atoms with Crippen molar-refractivity contribution in [3.8, 4) is 0 Å². The fourth-order valence-corrected chi connectivity index (χ4v) is 4.48. The van der Waals surface area contributed by atoms with E-state index >= 15 is 0 Å². The SMILES string of the molecule is O=C(NCc1ccncc1)c1ccccc1Sc1ccc2c(/C=C/c3ccccn3)n[nH]c2c1. The van der Waals surface area contributed by atoms with Crippen molar-refractivity contribution in [3.05, 3.63) is 114 Å². The average molecular weight is 464 g/mol. The third-order valence-corrected chi connectivity index (χ3v) is 6.29. The van der Waals surface area contributed by atoms with E-state index in [1.54, 1.807) is 30.4 Å². The van der Waals surface area contributed by atoms with Gasteiger partial charge in [-0.25, -0.2) is 0 Å². The molecular weight excluding hydrogens is 442 g/mol. The lowest BCUT2D eigenvalue weighted by atomic mass is 10.2. The van der Waals surface area contributed by atoms with E-state index in [9.17, 15) is 4.79 Å². The van der Waals surface area contributed by atoms with Crippen molar-refractivity contribution in [3.63, 3.8) is 0 Å². The highest BCUT2D eigenvalue weighted by atomic mass is 32.2. The summed E-state index contributed by atoms with van der Waals surface area (Å²) in [7, 11) is 0. The molecule has 2 aromatic carbocycles. The molecule has 2 N–H and O–H groups in total. The lowest BCUT2D eigenvalue weighted by Crippen LogP contribution is -2.23. The number of hydrogen-bond donors (Lipinski definition) is 2. The number of rotatable bonds is 7. The maximum Gasteiger partial charge on any atom is 0.252 e. The van der Waals surface area contributed by atoms with Gasteiger partial charge in [0, 0.05) is 40.3 Å². The van der Waals surface area contributed by atoms with Crippen molar-refractivity contribution in [2.75, 3.05) is 0 Å². The predicted molar refractivity (Wildman–Crippen MR) is 135 cm³/mol. The van der Waals surface area contributed by atoms with E-state index < -0.39 is 0 Å². The van der Waals surface area contributed by atoms with Crippen molar-refractivity contribution in [2.24, 2.45) is 0 Å². The first-order chi connectivity index (χ1) is 16.8. The first kappa shape index (κ1) is 21.6. The van der Waals surface area contributed by atoms with E-state index in [0.717, 1.165) is 37.6 Å². The summed E-state index contributed by atoms with van der Waals surface area (Å²) in [5.41, 5.74) is 4.32. The number of hydrogen-bond acceptors (Lipinski definition) is 5. The Kier molecular flexibility index (Phi) is 6.45. The molecule has 0 aliphatic carbocycles. The predicted octanol–water partition coefficient (Wildman–Crippen LogP) is 5.60. The third kappa shape index (κ3) is 5.05. The fourth-order valence-electron chi connectivity index (χ4n) is 3.50. The van der Waals surface area contributed by atoms with E-state index in [0.29, 0.717) is 12.1 Å². The molecule has 34 heavy (non-hydrogen) atoms. The van der Waals surface area contributed by atoms with Gasteiger partial charge in [0.25, 0.3) is 5.91 Å². The number of carbonyl (C=O) groups excluding carboxylic acids is 1. The molecule has 5 rings (SSSR count). The van der Waals surface area contributed by atoms with Crippen LogP contribution in [0.5, 0.6) is 0 Å². The van der Waals surface area contributed by atoms with Gasteiger partial charge in [-0.1, -0.05) is 30.0 Å². The van der Waals surface area contributed by atoms with Gasteiger partial charge in [0.2, 0.25) is 0 Å². The van der Waals surface area contributed by atoms with Crippen LogP contribution in [0.25, 0.3) is 23.1 Å². The van der Waals surface area contributed by atoms with Crippen LogP contribution >= 0.6 is 11.8 Å². The highest BCUT2D eigenvalue weighted by Crippen LogP contribution is 2.33. The van der Waals surface area contributed by atoms with Crippen LogP contribution in [0.15, 0.2) is 101 Å². The van der Waals surface area contributed by atoms with Crippen molar-refractivity contribution in [2.45, 2.75) is 16.3 Å². The van der Waals surface area contributed by atoms with Crippen LogP contribution < -0.4 is 5.32 Å². The first-order valence-electron chi connectivity index (χ1n) is 10.8. The van der Waals surface area contributed by atoms with Gasteiger partial charge in [0.05, 0.1) is 22.5 Å². The van der Waals surface area contributed by atoms with Crippen molar-refractivity contribution >= 4 is 40.7 Å². The van der Waals surface area contributed by atoms with Gasteiger partial charge in [0.15, 0.2) is 0 Å². The zero-order valence-electron chi connectivity index (χ0n) is 18.2. The van der Waals surface area contributed by atoms with Crippen LogP contribution in [-0.2, 0) is 6.54 Å². The zero-order chi connectivity index (χ0) is 23.2. The van der Waals surface area contributed by atoms with Crippen LogP contribution in [0.4, 0.5) is 0 Å². The molecule has 6 nitrogen and oxygen atoms in total. The summed E-state index contributed by atoms with van der Waals surface area (Å²) in [5.74, 6) is -0.107. The minimum Gasteiger partial charge on any atom is -0.348 e. The third-order valence-electron chi connectivity index (χ3n) is 5.23. The number of H-pyrrole nitrogens is 1. The van der Waals surface area contributed by atoms with Gasteiger partial charge in [-0.2, -0.15) is 5.10 Å². The molecule has 0 aliphatic rings. The van der Waals surface area contributed by atoms with E-state index in [4.69, 9.17) is 0 Å². The summed E-state index contributed by atoms with van der Waals surface area (Å²) in [6.45, 7) is 0.454. The van der Waals surface area contributed by atoms with Crippen LogP contribution in [0, 0.1) is 0 Å². The molecule has 0 bridgehead atoms. The number of aromatic amines is 1. The lowest BCUT2D eigenvalue weighted by molar-refractivity contribution is 0.0948. The first-order valence-corrected chi connectivity index (χ1v) is 11.6. The summed E-state index contributed by atoms with van der Waals surface area (Å²) in [6.07, 6.45) is 9.10. The van der Waals surface area contributed by atoms with Crippen molar-refractivity contribution in [1.29, 1.82) is 0 Å². The normalized spacial score (nSPS) is 11.2. The summed E-state index contributed by atoms with van der Waals surface area (Å²) in [4.78, 5) is 23.1. The fraction of sp³-hybridized carbons (Fsp3) is 0.0370. The zero-order valence-corrected chi connectivity index (χ0v) is 19.0. The summed E-state index contributed by atoms with van der Waals surface area (Å²) in [6, 6.07) is 23.4. The molecule has 3 aromatic heterocycles. The Bertz CT molecular complexity index is 1450. The second-order valence-electron chi connectivity index (χ2n) is 7.54. The maximum absolute atomic E-state index is 12.9. The molecule has 0 radical (unpaired) electrons. The molecule has 0 aliphatic heterocycles. The largest absolute Gasteiger partial charge is 0.348 e. The van der Waals surface area contributed by atoms with E-state index in [-0.39, 0.29) is 5.91 Å². The Morgan fingerprint density at radius 1 is 0.941 bits per heavy atom. The van der Waals surface area contributed by atoms with Crippen LogP contribution in [0.3, 0.4) is 0 Å². The molecule has 0 spiro atoms. The summed E-state index contributed by atoms with van der Waals surface area (Å²) >= 11 is 1.55. The topological polar surface area (TPSA) is 83.6 Å². The molecular formula is C27H21N5OS. The molecule has 166 valence electrons. The summed E-state index contributed by atoms with van der Waals surface area (Å²) < 4.78 is 0. The Labute approximate surface area is 201 Å².